The Kier molecular flexibility index (Phi) is 4.67. The van der Waals surface area contributed by atoms with E-state index >= 15 is 0 Å². The quantitative estimate of drug-likeness (QED) is 0.820. The molecule has 0 aromatic carbocycles. The fourth-order valence-corrected chi connectivity index (χ4v) is 1.79. The van der Waals surface area contributed by atoms with Crippen LogP contribution in [0.15, 0.2) is 10.9 Å². The molecule has 5 heteroatoms. The monoisotopic (exact) mass is 252 g/mol. The van der Waals surface area contributed by atoms with E-state index in [1.807, 2.05) is 13.8 Å². The molecule has 1 aromatic heterocycles. The minimum Gasteiger partial charge on any atom is -0.394 e. The van der Waals surface area contributed by atoms with Crippen LogP contribution >= 0.6 is 0 Å². The second-order valence-electron chi connectivity index (χ2n) is 4.47. The van der Waals surface area contributed by atoms with E-state index < -0.39 is 5.91 Å². The summed E-state index contributed by atoms with van der Waals surface area (Å²) in [6.45, 7) is 5.29. The van der Waals surface area contributed by atoms with Gasteiger partial charge in [0.2, 0.25) is 0 Å². The lowest BCUT2D eigenvalue weighted by molar-refractivity contribution is 0.0912. The number of aliphatic hydroxyl groups is 1. The second kappa shape index (κ2) is 5.82. The Hall–Kier alpha value is -1.62. The van der Waals surface area contributed by atoms with Crippen molar-refractivity contribution in [2.45, 2.75) is 33.2 Å². The lowest BCUT2D eigenvalue weighted by atomic mass is 10.1. The summed E-state index contributed by atoms with van der Waals surface area (Å²) in [4.78, 5) is 24.1. The molecule has 1 heterocycles. The predicted octanol–water partition coefficient (Wildman–Crippen LogP) is 0.503. The molecule has 0 saturated carbocycles. The van der Waals surface area contributed by atoms with Crippen LogP contribution in [0.25, 0.3) is 0 Å². The normalized spacial score (nSPS) is 12.3. The number of aryl methyl sites for hydroxylation is 2. The van der Waals surface area contributed by atoms with Gasteiger partial charge in [-0.1, -0.05) is 6.92 Å². The van der Waals surface area contributed by atoms with E-state index in [2.05, 4.69) is 5.32 Å². The Labute approximate surface area is 106 Å². The van der Waals surface area contributed by atoms with Crippen LogP contribution < -0.4 is 10.9 Å². The number of rotatable bonds is 4. The average Bonchev–Trinajstić information content (AvgIpc) is 2.33. The minimum absolute atomic E-state index is 0.131. The van der Waals surface area contributed by atoms with Crippen molar-refractivity contribution in [2.75, 3.05) is 6.61 Å². The van der Waals surface area contributed by atoms with Gasteiger partial charge in [0.1, 0.15) is 5.56 Å². The zero-order valence-electron chi connectivity index (χ0n) is 11.3. The summed E-state index contributed by atoms with van der Waals surface area (Å²) >= 11 is 0. The van der Waals surface area contributed by atoms with Crippen molar-refractivity contribution in [1.82, 2.24) is 9.88 Å². The molecule has 0 spiro atoms. The van der Waals surface area contributed by atoms with Crippen LogP contribution in [0.2, 0.25) is 0 Å². The Morgan fingerprint density at radius 2 is 2.11 bits per heavy atom. The Morgan fingerprint density at radius 3 is 2.61 bits per heavy atom. The van der Waals surface area contributed by atoms with E-state index in [0.29, 0.717) is 12.0 Å². The molecule has 1 atom stereocenters. The number of aliphatic hydroxyl groups excluding tert-OH is 1. The minimum atomic E-state index is -0.422. The molecule has 100 valence electrons. The van der Waals surface area contributed by atoms with Crippen molar-refractivity contribution in [3.63, 3.8) is 0 Å². The van der Waals surface area contributed by atoms with Gasteiger partial charge in [0.15, 0.2) is 0 Å². The largest absolute Gasteiger partial charge is 0.394 e. The first kappa shape index (κ1) is 14.4. The molecule has 0 aliphatic rings. The predicted molar refractivity (Wildman–Crippen MR) is 69.8 cm³/mol. The number of carbonyl (C=O) groups is 1. The SMILES string of the molecule is CCC(CO)NC(=O)c1c(C)cc(C)n(C)c1=O. The molecule has 18 heavy (non-hydrogen) atoms. The highest BCUT2D eigenvalue weighted by Crippen LogP contribution is 2.06. The Morgan fingerprint density at radius 1 is 1.50 bits per heavy atom. The first-order chi connectivity index (χ1) is 8.42. The molecule has 0 radical (unpaired) electrons. The lowest BCUT2D eigenvalue weighted by Crippen LogP contribution is -2.41. The summed E-state index contributed by atoms with van der Waals surface area (Å²) in [7, 11) is 1.64. The van der Waals surface area contributed by atoms with Crippen molar-refractivity contribution in [1.29, 1.82) is 0 Å². The van der Waals surface area contributed by atoms with Crippen LogP contribution in [0.4, 0.5) is 0 Å². The number of nitrogens with zero attached hydrogens (tertiary/aromatic N) is 1. The van der Waals surface area contributed by atoms with Crippen molar-refractivity contribution < 1.29 is 9.90 Å². The van der Waals surface area contributed by atoms with Crippen molar-refractivity contribution in [3.05, 3.63) is 33.2 Å². The third-order valence-electron chi connectivity index (χ3n) is 3.14. The summed E-state index contributed by atoms with van der Waals surface area (Å²) in [5.41, 5.74) is 1.30. The lowest BCUT2D eigenvalue weighted by Gasteiger charge is -2.16. The van der Waals surface area contributed by atoms with Gasteiger partial charge in [-0.3, -0.25) is 9.59 Å². The van der Waals surface area contributed by atoms with Crippen molar-refractivity contribution >= 4 is 5.91 Å². The van der Waals surface area contributed by atoms with E-state index in [1.165, 1.54) is 4.57 Å². The highest BCUT2D eigenvalue weighted by atomic mass is 16.3. The molecule has 1 rings (SSSR count). The zero-order valence-corrected chi connectivity index (χ0v) is 11.3. The summed E-state index contributed by atoms with van der Waals surface area (Å²) < 4.78 is 1.45. The van der Waals surface area contributed by atoms with Crippen LogP contribution in [0.3, 0.4) is 0 Å². The molecule has 2 N–H and O–H groups in total. The van der Waals surface area contributed by atoms with Crippen LogP contribution in [0.5, 0.6) is 0 Å². The van der Waals surface area contributed by atoms with E-state index in [0.717, 1.165) is 5.69 Å². The van der Waals surface area contributed by atoms with Gasteiger partial charge in [-0.2, -0.15) is 0 Å². The molecular weight excluding hydrogens is 232 g/mol. The maximum absolute atomic E-state index is 12.0. The maximum Gasteiger partial charge on any atom is 0.263 e. The van der Waals surface area contributed by atoms with Crippen LogP contribution in [-0.4, -0.2) is 28.2 Å². The van der Waals surface area contributed by atoms with Gasteiger partial charge in [0, 0.05) is 12.7 Å². The number of pyridine rings is 1. The molecule has 0 bridgehead atoms. The van der Waals surface area contributed by atoms with Gasteiger partial charge in [0.05, 0.1) is 12.6 Å². The number of hydrogen-bond donors (Lipinski definition) is 2. The highest BCUT2D eigenvalue weighted by Gasteiger charge is 2.18. The van der Waals surface area contributed by atoms with Crippen LogP contribution in [0, 0.1) is 13.8 Å². The molecule has 1 aromatic rings. The number of carbonyl (C=O) groups excluding carboxylic acids is 1. The van der Waals surface area contributed by atoms with Crippen molar-refractivity contribution in [2.24, 2.45) is 7.05 Å². The molecule has 5 nitrogen and oxygen atoms in total. The van der Waals surface area contributed by atoms with Gasteiger partial charge >= 0.3 is 0 Å². The van der Waals surface area contributed by atoms with E-state index in [1.54, 1.807) is 20.0 Å². The molecule has 1 unspecified atom stereocenters. The summed E-state index contributed by atoms with van der Waals surface area (Å²) in [5, 5.41) is 11.7. The zero-order chi connectivity index (χ0) is 13.9. The number of aromatic nitrogens is 1. The standard InChI is InChI=1S/C13H20N2O3/c1-5-10(7-16)14-12(17)11-8(2)6-9(3)15(4)13(11)18/h6,10,16H,5,7H2,1-4H3,(H,14,17). The fourth-order valence-electron chi connectivity index (χ4n) is 1.79. The second-order valence-corrected chi connectivity index (χ2v) is 4.47. The maximum atomic E-state index is 12.0. The fraction of sp³-hybridized carbons (Fsp3) is 0.538. The third kappa shape index (κ3) is 2.79. The van der Waals surface area contributed by atoms with Gasteiger partial charge in [-0.15, -0.1) is 0 Å². The third-order valence-corrected chi connectivity index (χ3v) is 3.14. The smallest absolute Gasteiger partial charge is 0.263 e. The number of nitrogens with one attached hydrogen (secondary N) is 1. The molecule has 0 saturated heterocycles. The van der Waals surface area contributed by atoms with Gasteiger partial charge in [0.25, 0.3) is 11.5 Å². The van der Waals surface area contributed by atoms with Gasteiger partial charge in [-0.25, -0.2) is 0 Å². The van der Waals surface area contributed by atoms with Crippen LogP contribution in [0.1, 0.15) is 35.0 Å². The first-order valence-electron chi connectivity index (χ1n) is 6.01. The Balaban J connectivity index is 3.14. The summed E-state index contributed by atoms with van der Waals surface area (Å²) in [6.07, 6.45) is 0.619. The van der Waals surface area contributed by atoms with Gasteiger partial charge < -0.3 is 15.0 Å². The van der Waals surface area contributed by atoms with Crippen molar-refractivity contribution in [3.8, 4) is 0 Å². The van der Waals surface area contributed by atoms with Crippen LogP contribution in [-0.2, 0) is 7.05 Å². The molecule has 0 aliphatic heterocycles. The molecular formula is C13H20N2O3. The first-order valence-corrected chi connectivity index (χ1v) is 6.01. The van der Waals surface area contributed by atoms with E-state index in [9.17, 15) is 9.59 Å². The van der Waals surface area contributed by atoms with E-state index in [-0.39, 0.29) is 23.8 Å². The topological polar surface area (TPSA) is 71.3 Å². The van der Waals surface area contributed by atoms with Gasteiger partial charge in [-0.05, 0) is 31.9 Å². The summed E-state index contributed by atoms with van der Waals surface area (Å²) in [5.74, 6) is -0.422. The Bertz CT molecular complexity index is 502. The molecule has 0 fully saturated rings. The average molecular weight is 252 g/mol. The number of amides is 1. The van der Waals surface area contributed by atoms with E-state index in [4.69, 9.17) is 5.11 Å². The highest BCUT2D eigenvalue weighted by molar-refractivity contribution is 5.95. The number of hydrogen-bond acceptors (Lipinski definition) is 3. The molecule has 0 aliphatic carbocycles. The summed E-state index contributed by atoms with van der Waals surface area (Å²) in [6, 6.07) is 1.49. The molecule has 1 amide bonds.